The fourth-order valence-electron chi connectivity index (χ4n) is 2.64. The predicted octanol–water partition coefficient (Wildman–Crippen LogP) is 0.599. The molecule has 108 valence electrons. The molecular formula is C14H25N3O2. The highest BCUT2D eigenvalue weighted by atomic mass is 16.2. The van der Waals surface area contributed by atoms with Crippen molar-refractivity contribution in [2.75, 3.05) is 32.7 Å². The zero-order valence-electron chi connectivity index (χ0n) is 11.9. The van der Waals surface area contributed by atoms with Crippen molar-refractivity contribution in [3.63, 3.8) is 0 Å². The molecule has 0 aromatic rings. The molecule has 2 aliphatic rings. The Kier molecular flexibility index (Phi) is 5.19. The molecule has 5 heteroatoms. The van der Waals surface area contributed by atoms with Gasteiger partial charge in [0.1, 0.15) is 0 Å². The van der Waals surface area contributed by atoms with Crippen LogP contribution in [0, 0.1) is 0 Å². The van der Waals surface area contributed by atoms with E-state index in [1.54, 1.807) is 0 Å². The highest BCUT2D eigenvalue weighted by Gasteiger charge is 2.30. The van der Waals surface area contributed by atoms with E-state index in [-0.39, 0.29) is 11.8 Å². The Morgan fingerprint density at radius 2 is 1.95 bits per heavy atom. The second-order valence-electron chi connectivity index (χ2n) is 5.43. The molecule has 0 radical (unpaired) electrons. The molecule has 1 saturated heterocycles. The van der Waals surface area contributed by atoms with Crippen molar-refractivity contribution in [1.29, 1.82) is 0 Å². The Balaban J connectivity index is 1.58. The number of rotatable bonds is 7. The number of hydrogen-bond donors (Lipinski definition) is 1. The zero-order chi connectivity index (χ0) is 13.7. The smallest absolute Gasteiger partial charge is 0.236 e. The van der Waals surface area contributed by atoms with Gasteiger partial charge in [0.15, 0.2) is 0 Å². The Labute approximate surface area is 115 Å². The van der Waals surface area contributed by atoms with Gasteiger partial charge in [-0.3, -0.25) is 9.59 Å². The molecule has 1 aliphatic heterocycles. The van der Waals surface area contributed by atoms with E-state index in [1.807, 2.05) is 16.7 Å². The van der Waals surface area contributed by atoms with Crippen molar-refractivity contribution in [2.45, 2.75) is 45.1 Å². The van der Waals surface area contributed by atoms with Gasteiger partial charge in [-0.1, -0.05) is 0 Å². The molecule has 0 spiro atoms. The molecule has 1 aliphatic carbocycles. The molecular weight excluding hydrogens is 242 g/mol. The number of hydrogen-bond acceptors (Lipinski definition) is 3. The maximum atomic E-state index is 11.9. The molecule has 2 fully saturated rings. The molecule has 5 nitrogen and oxygen atoms in total. The van der Waals surface area contributed by atoms with Gasteiger partial charge in [-0.15, -0.1) is 0 Å². The van der Waals surface area contributed by atoms with Gasteiger partial charge in [-0.2, -0.15) is 0 Å². The Morgan fingerprint density at radius 3 is 2.53 bits per heavy atom. The van der Waals surface area contributed by atoms with E-state index >= 15 is 0 Å². The van der Waals surface area contributed by atoms with E-state index in [1.165, 1.54) is 0 Å². The monoisotopic (exact) mass is 267 g/mol. The van der Waals surface area contributed by atoms with Gasteiger partial charge in [0.2, 0.25) is 11.8 Å². The minimum atomic E-state index is 0.165. The summed E-state index contributed by atoms with van der Waals surface area (Å²) in [6.07, 6.45) is 5.05. The lowest BCUT2D eigenvalue weighted by Crippen LogP contribution is -2.40. The predicted molar refractivity (Wildman–Crippen MR) is 73.7 cm³/mol. The van der Waals surface area contributed by atoms with E-state index in [2.05, 4.69) is 5.32 Å². The summed E-state index contributed by atoms with van der Waals surface area (Å²) in [7, 11) is 0. The molecule has 19 heavy (non-hydrogen) atoms. The third-order valence-electron chi connectivity index (χ3n) is 3.90. The molecule has 2 rings (SSSR count). The lowest BCUT2D eigenvalue weighted by atomic mass is 10.3. The van der Waals surface area contributed by atoms with Crippen LogP contribution in [-0.4, -0.2) is 60.4 Å². The van der Waals surface area contributed by atoms with Crippen LogP contribution in [-0.2, 0) is 9.59 Å². The number of likely N-dealkylation sites (N-methyl/N-ethyl adjacent to an activating group) is 1. The number of carbonyl (C=O) groups excluding carboxylic acids is 2. The lowest BCUT2D eigenvalue weighted by molar-refractivity contribution is -0.132. The maximum absolute atomic E-state index is 11.9. The molecule has 1 N–H and O–H groups in total. The summed E-state index contributed by atoms with van der Waals surface area (Å²) in [6, 6.07) is 0.477. The van der Waals surface area contributed by atoms with Crippen molar-refractivity contribution < 1.29 is 9.59 Å². The fourth-order valence-corrected chi connectivity index (χ4v) is 2.64. The highest BCUT2D eigenvalue weighted by molar-refractivity contribution is 5.79. The van der Waals surface area contributed by atoms with Crippen molar-refractivity contribution in [2.24, 2.45) is 0 Å². The van der Waals surface area contributed by atoms with Crippen molar-refractivity contribution >= 4 is 11.8 Å². The molecule has 1 saturated carbocycles. The average molecular weight is 267 g/mol. The minimum Gasteiger partial charge on any atom is -0.343 e. The van der Waals surface area contributed by atoms with Gasteiger partial charge in [-0.25, -0.2) is 0 Å². The molecule has 0 bridgehead atoms. The Hall–Kier alpha value is -1.10. The third kappa shape index (κ3) is 4.20. The molecule has 0 aromatic heterocycles. The van der Waals surface area contributed by atoms with Gasteiger partial charge in [0.25, 0.3) is 0 Å². The fraction of sp³-hybridized carbons (Fsp3) is 0.857. The number of nitrogens with one attached hydrogen (secondary N) is 1. The molecule has 1 heterocycles. The SMILES string of the molecule is CCN(C(=O)CNCCC(=O)N1CCCC1)C1CC1. The minimum absolute atomic E-state index is 0.165. The van der Waals surface area contributed by atoms with Crippen LogP contribution in [0.5, 0.6) is 0 Å². The van der Waals surface area contributed by atoms with Crippen LogP contribution in [0.1, 0.15) is 39.0 Å². The number of carbonyl (C=O) groups is 2. The quantitative estimate of drug-likeness (QED) is 0.687. The average Bonchev–Trinajstić information content (AvgIpc) is 3.08. The normalized spacial score (nSPS) is 18.7. The zero-order valence-corrected chi connectivity index (χ0v) is 11.9. The summed E-state index contributed by atoms with van der Waals surface area (Å²) in [4.78, 5) is 27.6. The van der Waals surface area contributed by atoms with Crippen LogP contribution >= 0.6 is 0 Å². The molecule has 0 aromatic carbocycles. The van der Waals surface area contributed by atoms with Crippen molar-refractivity contribution in [3.8, 4) is 0 Å². The Morgan fingerprint density at radius 1 is 1.26 bits per heavy atom. The van der Waals surface area contributed by atoms with Crippen molar-refractivity contribution in [3.05, 3.63) is 0 Å². The van der Waals surface area contributed by atoms with Gasteiger partial charge in [-0.05, 0) is 32.6 Å². The van der Waals surface area contributed by atoms with Gasteiger partial charge < -0.3 is 15.1 Å². The van der Waals surface area contributed by atoms with Crippen LogP contribution < -0.4 is 5.32 Å². The van der Waals surface area contributed by atoms with Crippen LogP contribution in [0.25, 0.3) is 0 Å². The number of likely N-dealkylation sites (tertiary alicyclic amines) is 1. The largest absolute Gasteiger partial charge is 0.343 e. The summed E-state index contributed by atoms with van der Waals surface area (Å²) >= 11 is 0. The number of amides is 2. The standard InChI is InChI=1S/C14H25N3O2/c1-2-17(12-5-6-12)14(19)11-15-8-7-13(18)16-9-3-4-10-16/h12,15H,2-11H2,1H3. The molecule has 2 amide bonds. The number of nitrogens with zero attached hydrogens (tertiary/aromatic N) is 2. The van der Waals surface area contributed by atoms with E-state index in [0.717, 1.165) is 45.3 Å². The van der Waals surface area contributed by atoms with Crippen LogP contribution in [0.2, 0.25) is 0 Å². The van der Waals surface area contributed by atoms with Gasteiger partial charge in [0.05, 0.1) is 6.54 Å². The van der Waals surface area contributed by atoms with E-state index in [0.29, 0.717) is 25.6 Å². The maximum Gasteiger partial charge on any atom is 0.236 e. The second kappa shape index (κ2) is 6.89. The molecule has 0 unspecified atom stereocenters. The summed E-state index contributed by atoms with van der Waals surface area (Å²) in [5, 5.41) is 3.10. The first-order valence-electron chi connectivity index (χ1n) is 7.50. The highest BCUT2D eigenvalue weighted by Crippen LogP contribution is 2.26. The van der Waals surface area contributed by atoms with Gasteiger partial charge >= 0.3 is 0 Å². The summed E-state index contributed by atoms with van der Waals surface area (Å²) in [6.45, 7) is 5.58. The van der Waals surface area contributed by atoms with Crippen molar-refractivity contribution in [1.82, 2.24) is 15.1 Å². The summed E-state index contributed by atoms with van der Waals surface area (Å²) in [5.41, 5.74) is 0. The van der Waals surface area contributed by atoms with Crippen LogP contribution in [0.4, 0.5) is 0 Å². The van der Waals surface area contributed by atoms with Gasteiger partial charge in [0, 0.05) is 38.6 Å². The Bertz CT molecular complexity index is 323. The van der Waals surface area contributed by atoms with Crippen LogP contribution in [0.3, 0.4) is 0 Å². The van der Waals surface area contributed by atoms with E-state index in [4.69, 9.17) is 0 Å². The van der Waals surface area contributed by atoms with Crippen LogP contribution in [0.15, 0.2) is 0 Å². The first kappa shape index (κ1) is 14.3. The first-order valence-corrected chi connectivity index (χ1v) is 7.50. The van der Waals surface area contributed by atoms with E-state index < -0.39 is 0 Å². The topological polar surface area (TPSA) is 52.7 Å². The molecule has 0 atom stereocenters. The summed E-state index contributed by atoms with van der Waals surface area (Å²) < 4.78 is 0. The third-order valence-corrected chi connectivity index (χ3v) is 3.90. The second-order valence-corrected chi connectivity index (χ2v) is 5.43. The lowest BCUT2D eigenvalue weighted by Gasteiger charge is -2.20. The first-order chi connectivity index (χ1) is 9.22. The van der Waals surface area contributed by atoms with E-state index in [9.17, 15) is 9.59 Å². The summed E-state index contributed by atoms with van der Waals surface area (Å²) in [5.74, 6) is 0.380.